The molecular weight excluding hydrogens is 238 g/mol. The van der Waals surface area contributed by atoms with Crippen molar-refractivity contribution in [1.82, 2.24) is 9.78 Å². The molecule has 108 valence electrons. The number of hydrogen-bond acceptors (Lipinski definition) is 3. The number of aromatic nitrogens is 2. The van der Waals surface area contributed by atoms with Crippen molar-refractivity contribution in [3.63, 3.8) is 0 Å². The van der Waals surface area contributed by atoms with Crippen molar-refractivity contribution in [3.05, 3.63) is 18.0 Å². The van der Waals surface area contributed by atoms with E-state index in [1.807, 2.05) is 24.0 Å². The summed E-state index contributed by atoms with van der Waals surface area (Å²) >= 11 is 0. The fourth-order valence-electron chi connectivity index (χ4n) is 3.14. The van der Waals surface area contributed by atoms with E-state index in [0.717, 1.165) is 18.5 Å². The topological polar surface area (TPSA) is 53.1 Å². The zero-order valence-corrected chi connectivity index (χ0v) is 12.6. The van der Waals surface area contributed by atoms with Crippen LogP contribution in [0.5, 0.6) is 0 Å². The second-order valence-electron chi connectivity index (χ2n) is 6.52. The maximum atomic E-state index is 6.54. The lowest BCUT2D eigenvalue weighted by Gasteiger charge is -2.46. The molecule has 2 rings (SSSR count). The average molecular weight is 265 g/mol. The molecule has 1 heterocycles. The molecule has 1 aromatic rings. The first-order chi connectivity index (χ1) is 8.90. The highest BCUT2D eigenvalue weighted by Gasteiger charge is 2.44. The third-order valence-electron chi connectivity index (χ3n) is 4.63. The van der Waals surface area contributed by atoms with Gasteiger partial charge >= 0.3 is 0 Å². The van der Waals surface area contributed by atoms with Crippen LogP contribution in [0.1, 0.15) is 58.2 Å². The molecule has 0 saturated heterocycles. The van der Waals surface area contributed by atoms with Crippen LogP contribution in [0.15, 0.2) is 12.3 Å². The Hall–Kier alpha value is -0.870. The highest BCUT2D eigenvalue weighted by Crippen LogP contribution is 2.46. The molecule has 1 aliphatic rings. The van der Waals surface area contributed by atoms with E-state index in [0.29, 0.717) is 12.0 Å². The Bertz CT molecular complexity index is 415. The van der Waals surface area contributed by atoms with Crippen molar-refractivity contribution in [2.24, 2.45) is 18.2 Å². The van der Waals surface area contributed by atoms with Gasteiger partial charge in [-0.15, -0.1) is 0 Å². The van der Waals surface area contributed by atoms with Crippen LogP contribution in [0.3, 0.4) is 0 Å². The summed E-state index contributed by atoms with van der Waals surface area (Å²) in [5, 5.41) is 4.23. The summed E-state index contributed by atoms with van der Waals surface area (Å²) in [5.41, 5.74) is 7.79. The van der Waals surface area contributed by atoms with Gasteiger partial charge in [0.05, 0.1) is 17.3 Å². The van der Waals surface area contributed by atoms with E-state index in [1.54, 1.807) is 0 Å². The molecule has 0 radical (unpaired) electrons. The van der Waals surface area contributed by atoms with Gasteiger partial charge in [-0.1, -0.05) is 13.8 Å². The first-order valence-corrected chi connectivity index (χ1v) is 7.28. The normalized spacial score (nSPS) is 23.2. The monoisotopic (exact) mass is 265 g/mol. The van der Waals surface area contributed by atoms with E-state index in [2.05, 4.69) is 25.9 Å². The van der Waals surface area contributed by atoms with E-state index in [-0.39, 0.29) is 11.6 Å². The lowest BCUT2D eigenvalue weighted by atomic mass is 9.68. The van der Waals surface area contributed by atoms with E-state index in [1.165, 1.54) is 12.8 Å². The minimum absolute atomic E-state index is 0.101. The minimum atomic E-state index is -0.224. The molecule has 0 aliphatic heterocycles. The molecule has 1 atom stereocenters. The number of rotatable bonds is 4. The van der Waals surface area contributed by atoms with Gasteiger partial charge in [0, 0.05) is 19.9 Å². The molecule has 4 heteroatoms. The van der Waals surface area contributed by atoms with Crippen LogP contribution < -0.4 is 5.73 Å². The van der Waals surface area contributed by atoms with Gasteiger partial charge in [0.25, 0.3) is 0 Å². The molecule has 1 saturated carbocycles. The number of nitrogens with two attached hydrogens (primary N) is 1. The molecule has 1 unspecified atom stereocenters. The zero-order chi connectivity index (χ0) is 14.1. The third kappa shape index (κ3) is 2.84. The molecule has 2 N–H and O–H groups in total. The molecule has 0 spiro atoms. The van der Waals surface area contributed by atoms with Gasteiger partial charge < -0.3 is 10.5 Å². The Morgan fingerprint density at radius 1 is 1.37 bits per heavy atom. The first-order valence-electron chi connectivity index (χ1n) is 7.28. The zero-order valence-electron chi connectivity index (χ0n) is 12.6. The standard InChI is InChI=1S/C15H27N3O/c1-5-19-15(9-7-14(2,3)8-10-15)13(16)12-6-11-17-18(12)4/h6,11,13H,5,7-10,16H2,1-4H3. The number of aryl methyl sites for hydroxylation is 1. The summed E-state index contributed by atoms with van der Waals surface area (Å²) in [7, 11) is 1.95. The maximum Gasteiger partial charge on any atom is 0.0889 e. The average Bonchev–Trinajstić information content (AvgIpc) is 2.78. The SMILES string of the molecule is CCOC1(C(N)c2ccnn2C)CCC(C)(C)CC1. The van der Waals surface area contributed by atoms with Crippen molar-refractivity contribution < 1.29 is 4.74 Å². The molecule has 0 bridgehead atoms. The smallest absolute Gasteiger partial charge is 0.0889 e. The summed E-state index contributed by atoms with van der Waals surface area (Å²) in [4.78, 5) is 0. The Balaban J connectivity index is 2.23. The van der Waals surface area contributed by atoms with Crippen LogP contribution in [-0.2, 0) is 11.8 Å². The summed E-state index contributed by atoms with van der Waals surface area (Å²) in [5.74, 6) is 0. The lowest BCUT2D eigenvalue weighted by Crippen LogP contribution is -2.48. The quantitative estimate of drug-likeness (QED) is 0.910. The van der Waals surface area contributed by atoms with Crippen LogP contribution in [0.4, 0.5) is 0 Å². The highest BCUT2D eigenvalue weighted by molar-refractivity contribution is 5.13. The van der Waals surface area contributed by atoms with Crippen LogP contribution in [0, 0.1) is 5.41 Å². The van der Waals surface area contributed by atoms with Crippen molar-refractivity contribution in [1.29, 1.82) is 0 Å². The van der Waals surface area contributed by atoms with Gasteiger partial charge in [0.1, 0.15) is 0 Å². The number of hydrogen-bond donors (Lipinski definition) is 1. The molecule has 19 heavy (non-hydrogen) atoms. The Morgan fingerprint density at radius 2 is 2.00 bits per heavy atom. The van der Waals surface area contributed by atoms with Crippen molar-refractivity contribution in [2.45, 2.75) is 58.1 Å². The largest absolute Gasteiger partial charge is 0.373 e. The van der Waals surface area contributed by atoms with Gasteiger partial charge in [-0.3, -0.25) is 4.68 Å². The molecule has 4 nitrogen and oxygen atoms in total. The van der Waals surface area contributed by atoms with Crippen LogP contribution in [-0.4, -0.2) is 22.0 Å². The van der Waals surface area contributed by atoms with Crippen molar-refractivity contribution >= 4 is 0 Å². The van der Waals surface area contributed by atoms with Gasteiger partial charge in [-0.25, -0.2) is 0 Å². The predicted molar refractivity (Wildman–Crippen MR) is 76.7 cm³/mol. The first kappa shape index (κ1) is 14.5. The number of nitrogens with zero attached hydrogens (tertiary/aromatic N) is 2. The van der Waals surface area contributed by atoms with Gasteiger partial charge in [0.15, 0.2) is 0 Å². The van der Waals surface area contributed by atoms with E-state index in [9.17, 15) is 0 Å². The summed E-state index contributed by atoms with van der Waals surface area (Å²) < 4.78 is 8.00. The number of ether oxygens (including phenoxy) is 1. The van der Waals surface area contributed by atoms with Crippen LogP contribution >= 0.6 is 0 Å². The van der Waals surface area contributed by atoms with Gasteiger partial charge in [-0.05, 0) is 44.1 Å². The second-order valence-corrected chi connectivity index (χ2v) is 6.52. The summed E-state index contributed by atoms with van der Waals surface area (Å²) in [6.45, 7) is 7.43. The van der Waals surface area contributed by atoms with Crippen LogP contribution in [0.25, 0.3) is 0 Å². The molecule has 1 aliphatic carbocycles. The molecular formula is C15H27N3O. The van der Waals surface area contributed by atoms with Crippen molar-refractivity contribution in [3.8, 4) is 0 Å². The Kier molecular flexibility index (Phi) is 4.02. The second kappa shape index (κ2) is 5.25. The molecule has 0 aromatic carbocycles. The van der Waals surface area contributed by atoms with E-state index in [4.69, 9.17) is 10.5 Å². The third-order valence-corrected chi connectivity index (χ3v) is 4.63. The highest BCUT2D eigenvalue weighted by atomic mass is 16.5. The van der Waals surface area contributed by atoms with Crippen molar-refractivity contribution in [2.75, 3.05) is 6.61 Å². The fourth-order valence-corrected chi connectivity index (χ4v) is 3.14. The van der Waals surface area contributed by atoms with Gasteiger partial charge in [-0.2, -0.15) is 5.10 Å². The molecule has 1 fully saturated rings. The Labute approximate surface area is 116 Å². The fraction of sp³-hybridized carbons (Fsp3) is 0.800. The predicted octanol–water partition coefficient (Wildman–Crippen LogP) is 2.80. The minimum Gasteiger partial charge on any atom is -0.373 e. The summed E-state index contributed by atoms with van der Waals surface area (Å²) in [6, 6.07) is 1.90. The Morgan fingerprint density at radius 3 is 2.47 bits per heavy atom. The lowest BCUT2D eigenvalue weighted by molar-refractivity contribution is -0.101. The molecule has 1 aromatic heterocycles. The summed E-state index contributed by atoms with van der Waals surface area (Å²) in [6.07, 6.45) is 6.19. The van der Waals surface area contributed by atoms with E-state index >= 15 is 0 Å². The molecule has 0 amide bonds. The van der Waals surface area contributed by atoms with E-state index < -0.39 is 0 Å². The maximum absolute atomic E-state index is 6.54. The van der Waals surface area contributed by atoms with Crippen LogP contribution in [0.2, 0.25) is 0 Å². The van der Waals surface area contributed by atoms with Gasteiger partial charge in [0.2, 0.25) is 0 Å².